The lowest BCUT2D eigenvalue weighted by atomic mass is 10.1. The van der Waals surface area contributed by atoms with E-state index in [2.05, 4.69) is 0 Å². The fraction of sp³-hybridized carbons (Fsp3) is 0.412. The number of hydrogen-bond acceptors (Lipinski definition) is 6. The highest BCUT2D eigenvalue weighted by atomic mass is 35.5. The first-order chi connectivity index (χ1) is 11.4. The molecule has 1 aliphatic rings. The van der Waals surface area contributed by atoms with Crippen molar-refractivity contribution in [2.45, 2.75) is 39.0 Å². The summed E-state index contributed by atoms with van der Waals surface area (Å²) in [5, 5.41) is 0.651. The summed E-state index contributed by atoms with van der Waals surface area (Å²) in [6.07, 6.45) is 1.45. The lowest BCUT2D eigenvalue weighted by molar-refractivity contribution is -0.200. The normalized spacial score (nSPS) is 22.9. The van der Waals surface area contributed by atoms with Crippen LogP contribution in [-0.2, 0) is 35.1 Å². The highest BCUT2D eigenvalue weighted by Crippen LogP contribution is 2.19. The van der Waals surface area contributed by atoms with Crippen LogP contribution in [0.25, 0.3) is 0 Å². The van der Waals surface area contributed by atoms with Gasteiger partial charge < -0.3 is 18.9 Å². The number of benzene rings is 1. The smallest absolute Gasteiger partial charge is 0.303 e. The fourth-order valence-electron chi connectivity index (χ4n) is 2.11. The molecule has 0 saturated carbocycles. The summed E-state index contributed by atoms with van der Waals surface area (Å²) in [7, 11) is 0. The lowest BCUT2D eigenvalue weighted by Gasteiger charge is -2.31. The average molecular weight is 355 g/mol. The third-order valence-electron chi connectivity index (χ3n) is 3.21. The molecule has 0 saturated heterocycles. The Hall–Kier alpha value is -1.89. The van der Waals surface area contributed by atoms with E-state index in [1.807, 2.05) is 12.1 Å². The van der Waals surface area contributed by atoms with Crippen molar-refractivity contribution in [3.8, 4) is 0 Å². The molecule has 24 heavy (non-hydrogen) atoms. The van der Waals surface area contributed by atoms with Crippen LogP contribution in [0.5, 0.6) is 0 Å². The zero-order valence-corrected chi connectivity index (χ0v) is 14.2. The van der Waals surface area contributed by atoms with E-state index < -0.39 is 30.4 Å². The Bertz CT molecular complexity index is 598. The Balaban J connectivity index is 1.94. The van der Waals surface area contributed by atoms with Gasteiger partial charge in [-0.15, -0.1) is 0 Å². The molecule has 0 unspecified atom stereocenters. The fourth-order valence-corrected chi connectivity index (χ4v) is 2.24. The molecule has 2 rings (SSSR count). The van der Waals surface area contributed by atoms with Gasteiger partial charge in [-0.25, -0.2) is 0 Å². The predicted octanol–water partition coefficient (Wildman–Crippen LogP) is 2.63. The first-order valence-corrected chi connectivity index (χ1v) is 7.82. The highest BCUT2D eigenvalue weighted by Gasteiger charge is 2.31. The van der Waals surface area contributed by atoms with Crippen LogP contribution >= 0.6 is 11.6 Å². The van der Waals surface area contributed by atoms with Gasteiger partial charge in [0.15, 0.2) is 6.29 Å². The molecule has 0 bridgehead atoms. The molecule has 7 heteroatoms. The van der Waals surface area contributed by atoms with Crippen LogP contribution in [0, 0.1) is 0 Å². The zero-order valence-electron chi connectivity index (χ0n) is 13.4. The molecule has 0 radical (unpaired) electrons. The monoisotopic (exact) mass is 354 g/mol. The van der Waals surface area contributed by atoms with Crippen molar-refractivity contribution in [2.24, 2.45) is 0 Å². The molecular formula is C17H19ClO6. The number of rotatable bonds is 6. The van der Waals surface area contributed by atoms with Crippen molar-refractivity contribution in [3.05, 3.63) is 47.0 Å². The summed E-state index contributed by atoms with van der Waals surface area (Å²) in [6.45, 7) is 2.90. The number of carbonyl (C=O) groups excluding carboxylic acids is 2. The standard InChI is InChI=1S/C17H19ClO6/c1-11(19)21-10-16-15(23-12(2)20)7-8-17(24-16)22-9-13-3-5-14(18)6-4-13/h3-8,15-17H,9-10H2,1-2H3/t15-,16+,17-/m0/s1. The first kappa shape index (κ1) is 18.4. The van der Waals surface area contributed by atoms with Gasteiger partial charge in [0.05, 0.1) is 6.61 Å². The van der Waals surface area contributed by atoms with Crippen LogP contribution in [0.4, 0.5) is 0 Å². The largest absolute Gasteiger partial charge is 0.463 e. The number of esters is 2. The van der Waals surface area contributed by atoms with Gasteiger partial charge in [-0.1, -0.05) is 23.7 Å². The van der Waals surface area contributed by atoms with Crippen molar-refractivity contribution in [2.75, 3.05) is 6.61 Å². The molecule has 130 valence electrons. The summed E-state index contributed by atoms with van der Waals surface area (Å²) in [5.41, 5.74) is 0.940. The quantitative estimate of drug-likeness (QED) is 0.577. The molecule has 1 aromatic rings. The molecule has 3 atom stereocenters. The van der Waals surface area contributed by atoms with Crippen molar-refractivity contribution >= 4 is 23.5 Å². The third kappa shape index (κ3) is 5.96. The van der Waals surface area contributed by atoms with Crippen molar-refractivity contribution < 1.29 is 28.5 Å². The second kappa shape index (κ2) is 8.82. The molecule has 0 N–H and O–H groups in total. The summed E-state index contributed by atoms with van der Waals surface area (Å²) in [4.78, 5) is 22.1. The first-order valence-electron chi connectivity index (χ1n) is 7.44. The maximum atomic E-state index is 11.2. The van der Waals surface area contributed by atoms with Crippen LogP contribution < -0.4 is 0 Å². The minimum atomic E-state index is -0.631. The number of carbonyl (C=O) groups is 2. The van der Waals surface area contributed by atoms with Gasteiger partial charge in [-0.2, -0.15) is 0 Å². The van der Waals surface area contributed by atoms with E-state index in [9.17, 15) is 9.59 Å². The lowest BCUT2D eigenvalue weighted by Crippen LogP contribution is -2.42. The Labute approximate surface area is 145 Å². The van der Waals surface area contributed by atoms with Crippen molar-refractivity contribution in [3.63, 3.8) is 0 Å². The van der Waals surface area contributed by atoms with E-state index >= 15 is 0 Å². The Morgan fingerprint density at radius 1 is 1.12 bits per heavy atom. The van der Waals surface area contributed by atoms with E-state index in [1.165, 1.54) is 13.8 Å². The molecule has 6 nitrogen and oxygen atoms in total. The van der Waals surface area contributed by atoms with Crippen LogP contribution in [0.2, 0.25) is 5.02 Å². The van der Waals surface area contributed by atoms with E-state index in [4.69, 9.17) is 30.5 Å². The molecule has 0 aromatic heterocycles. The molecule has 1 aliphatic heterocycles. The number of ether oxygens (including phenoxy) is 4. The second-order valence-corrected chi connectivity index (χ2v) is 5.68. The van der Waals surface area contributed by atoms with Crippen LogP contribution in [-0.4, -0.2) is 37.0 Å². The molecule has 0 spiro atoms. The van der Waals surface area contributed by atoms with E-state index in [0.717, 1.165) is 5.56 Å². The van der Waals surface area contributed by atoms with Crippen LogP contribution in [0.15, 0.2) is 36.4 Å². The molecule has 0 aliphatic carbocycles. The van der Waals surface area contributed by atoms with E-state index in [1.54, 1.807) is 24.3 Å². The van der Waals surface area contributed by atoms with Gasteiger partial charge in [-0.3, -0.25) is 9.59 Å². The highest BCUT2D eigenvalue weighted by molar-refractivity contribution is 6.30. The van der Waals surface area contributed by atoms with Gasteiger partial charge in [0.25, 0.3) is 0 Å². The Morgan fingerprint density at radius 3 is 2.46 bits per heavy atom. The van der Waals surface area contributed by atoms with Gasteiger partial charge >= 0.3 is 11.9 Å². The predicted molar refractivity (Wildman–Crippen MR) is 86.2 cm³/mol. The summed E-state index contributed by atoms with van der Waals surface area (Å²) >= 11 is 5.84. The minimum absolute atomic E-state index is 0.0293. The minimum Gasteiger partial charge on any atom is -0.463 e. The summed E-state index contributed by atoms with van der Waals surface area (Å²) in [6, 6.07) is 7.26. The second-order valence-electron chi connectivity index (χ2n) is 5.24. The maximum Gasteiger partial charge on any atom is 0.303 e. The average Bonchev–Trinajstić information content (AvgIpc) is 2.53. The van der Waals surface area contributed by atoms with Gasteiger partial charge in [0.1, 0.15) is 18.8 Å². The Morgan fingerprint density at radius 2 is 1.83 bits per heavy atom. The zero-order chi connectivity index (χ0) is 17.5. The number of halogens is 1. The van der Waals surface area contributed by atoms with Crippen molar-refractivity contribution in [1.82, 2.24) is 0 Å². The molecule has 0 amide bonds. The Kier molecular flexibility index (Phi) is 6.78. The molecule has 1 aromatic carbocycles. The van der Waals surface area contributed by atoms with Gasteiger partial charge in [0.2, 0.25) is 0 Å². The molecular weight excluding hydrogens is 336 g/mol. The molecule has 0 fully saturated rings. The summed E-state index contributed by atoms with van der Waals surface area (Å²) < 4.78 is 21.5. The van der Waals surface area contributed by atoms with E-state index in [-0.39, 0.29) is 6.61 Å². The van der Waals surface area contributed by atoms with Crippen LogP contribution in [0.3, 0.4) is 0 Å². The van der Waals surface area contributed by atoms with E-state index in [0.29, 0.717) is 11.6 Å². The number of hydrogen-bond donors (Lipinski definition) is 0. The SMILES string of the molecule is CC(=O)OC[C@H]1O[C@H](OCc2ccc(Cl)cc2)C=C[C@@H]1OC(C)=O. The topological polar surface area (TPSA) is 71.1 Å². The summed E-state index contributed by atoms with van der Waals surface area (Å²) in [5.74, 6) is -0.880. The van der Waals surface area contributed by atoms with Gasteiger partial charge in [-0.05, 0) is 29.8 Å². The molecule has 1 heterocycles. The van der Waals surface area contributed by atoms with Crippen LogP contribution in [0.1, 0.15) is 19.4 Å². The van der Waals surface area contributed by atoms with Crippen molar-refractivity contribution in [1.29, 1.82) is 0 Å². The van der Waals surface area contributed by atoms with Gasteiger partial charge in [0, 0.05) is 18.9 Å². The maximum absolute atomic E-state index is 11.2. The third-order valence-corrected chi connectivity index (χ3v) is 3.47.